The van der Waals surface area contributed by atoms with Gasteiger partial charge in [0.05, 0.1) is 6.10 Å². The maximum absolute atomic E-state index is 12.2. The second kappa shape index (κ2) is 8.11. The lowest BCUT2D eigenvalue weighted by molar-refractivity contribution is -0.135. The molecule has 1 N–H and O–H groups in total. The van der Waals surface area contributed by atoms with Crippen molar-refractivity contribution in [3.8, 4) is 5.75 Å². The zero-order chi connectivity index (χ0) is 16.8. The molecule has 0 bridgehead atoms. The maximum Gasteiger partial charge on any atom is 0.260 e. The molecule has 1 amide bonds. The van der Waals surface area contributed by atoms with Gasteiger partial charge in [-0.1, -0.05) is 6.92 Å². The quantitative estimate of drug-likeness (QED) is 0.817. The molecule has 0 spiro atoms. The SMILES string of the molecule is CCC(=O)c1ccc(OCC(=O)N2CCC([C@@H](C)O)CC2)cc1. The number of rotatable bonds is 6. The predicted molar refractivity (Wildman–Crippen MR) is 87.5 cm³/mol. The Labute approximate surface area is 137 Å². The molecule has 1 atom stereocenters. The Morgan fingerprint density at radius 1 is 1.26 bits per heavy atom. The number of piperidine rings is 1. The zero-order valence-corrected chi connectivity index (χ0v) is 13.8. The third kappa shape index (κ3) is 4.79. The van der Waals surface area contributed by atoms with Crippen LogP contribution in [0.1, 0.15) is 43.5 Å². The summed E-state index contributed by atoms with van der Waals surface area (Å²) in [6, 6.07) is 6.88. The number of carbonyl (C=O) groups is 2. The van der Waals surface area contributed by atoms with Crippen molar-refractivity contribution in [3.63, 3.8) is 0 Å². The first-order chi connectivity index (χ1) is 11.0. The van der Waals surface area contributed by atoms with Gasteiger partial charge in [0.25, 0.3) is 5.91 Å². The van der Waals surface area contributed by atoms with E-state index in [-0.39, 0.29) is 30.3 Å². The van der Waals surface area contributed by atoms with Crippen molar-refractivity contribution in [1.29, 1.82) is 0 Å². The molecule has 1 saturated heterocycles. The number of Topliss-reactive ketones (excluding diaryl/α,β-unsaturated/α-hetero) is 1. The molecule has 1 aromatic carbocycles. The van der Waals surface area contributed by atoms with Crippen LogP contribution in [0.3, 0.4) is 0 Å². The lowest BCUT2D eigenvalue weighted by Crippen LogP contribution is -2.42. The fourth-order valence-corrected chi connectivity index (χ4v) is 2.81. The van der Waals surface area contributed by atoms with Gasteiger partial charge in [-0.25, -0.2) is 0 Å². The van der Waals surface area contributed by atoms with Gasteiger partial charge in [-0.15, -0.1) is 0 Å². The highest BCUT2D eigenvalue weighted by Gasteiger charge is 2.25. The van der Waals surface area contributed by atoms with E-state index in [0.717, 1.165) is 12.8 Å². The van der Waals surface area contributed by atoms with Crippen LogP contribution in [0, 0.1) is 5.92 Å². The van der Waals surface area contributed by atoms with Crippen molar-refractivity contribution in [1.82, 2.24) is 4.90 Å². The fourth-order valence-electron chi connectivity index (χ4n) is 2.81. The Balaban J connectivity index is 1.79. The van der Waals surface area contributed by atoms with Gasteiger partial charge in [-0.2, -0.15) is 0 Å². The van der Waals surface area contributed by atoms with E-state index in [0.29, 0.717) is 30.8 Å². The number of carbonyl (C=O) groups excluding carboxylic acids is 2. The fraction of sp³-hybridized carbons (Fsp3) is 0.556. The van der Waals surface area contributed by atoms with E-state index in [1.807, 2.05) is 6.92 Å². The van der Waals surface area contributed by atoms with E-state index in [2.05, 4.69) is 0 Å². The number of nitrogens with zero attached hydrogens (tertiary/aromatic N) is 1. The molecule has 5 nitrogen and oxygen atoms in total. The minimum atomic E-state index is -0.312. The highest BCUT2D eigenvalue weighted by atomic mass is 16.5. The Bertz CT molecular complexity index is 530. The Morgan fingerprint density at radius 2 is 1.87 bits per heavy atom. The number of hydrogen-bond acceptors (Lipinski definition) is 4. The number of aliphatic hydroxyl groups is 1. The molecule has 1 heterocycles. The summed E-state index contributed by atoms with van der Waals surface area (Å²) in [6.07, 6.45) is 1.82. The van der Waals surface area contributed by atoms with Crippen molar-refractivity contribution >= 4 is 11.7 Å². The second-order valence-corrected chi connectivity index (χ2v) is 6.05. The number of benzene rings is 1. The molecule has 0 aliphatic carbocycles. The van der Waals surface area contributed by atoms with Gasteiger partial charge in [0.15, 0.2) is 12.4 Å². The van der Waals surface area contributed by atoms with Gasteiger partial charge in [0.1, 0.15) is 5.75 Å². The predicted octanol–water partition coefficient (Wildman–Crippen LogP) is 2.28. The van der Waals surface area contributed by atoms with Gasteiger partial charge >= 0.3 is 0 Å². The van der Waals surface area contributed by atoms with E-state index >= 15 is 0 Å². The summed E-state index contributed by atoms with van der Waals surface area (Å²) in [6.45, 7) is 4.97. The molecule has 1 fully saturated rings. The summed E-state index contributed by atoms with van der Waals surface area (Å²) in [7, 11) is 0. The first-order valence-corrected chi connectivity index (χ1v) is 8.23. The molecule has 0 saturated carbocycles. The Morgan fingerprint density at radius 3 is 2.39 bits per heavy atom. The highest BCUT2D eigenvalue weighted by molar-refractivity contribution is 5.95. The largest absolute Gasteiger partial charge is 0.484 e. The third-order valence-corrected chi connectivity index (χ3v) is 4.43. The summed E-state index contributed by atoms with van der Waals surface area (Å²) in [5.41, 5.74) is 0.659. The van der Waals surface area contributed by atoms with Gasteiger partial charge in [0.2, 0.25) is 0 Å². The smallest absolute Gasteiger partial charge is 0.260 e. The van der Waals surface area contributed by atoms with Crippen molar-refractivity contribution in [2.45, 2.75) is 39.2 Å². The summed E-state index contributed by atoms with van der Waals surface area (Å²) >= 11 is 0. The van der Waals surface area contributed by atoms with E-state index < -0.39 is 0 Å². The van der Waals surface area contributed by atoms with Crippen LogP contribution in [0.5, 0.6) is 5.75 Å². The van der Waals surface area contributed by atoms with E-state index in [4.69, 9.17) is 4.74 Å². The number of ketones is 1. The Hall–Kier alpha value is -1.88. The summed E-state index contributed by atoms with van der Waals surface area (Å²) < 4.78 is 5.51. The highest BCUT2D eigenvalue weighted by Crippen LogP contribution is 2.21. The molecule has 126 valence electrons. The molecule has 0 radical (unpaired) electrons. The molecule has 1 aliphatic rings. The maximum atomic E-state index is 12.2. The molecule has 1 aromatic rings. The van der Waals surface area contributed by atoms with E-state index in [1.54, 1.807) is 36.1 Å². The first-order valence-electron chi connectivity index (χ1n) is 8.23. The summed E-state index contributed by atoms with van der Waals surface area (Å²) in [5, 5.41) is 9.58. The molecular formula is C18H25NO4. The van der Waals surface area contributed by atoms with E-state index in [1.165, 1.54) is 0 Å². The molecule has 1 aliphatic heterocycles. The van der Waals surface area contributed by atoms with Crippen molar-refractivity contribution < 1.29 is 19.4 Å². The molecule has 0 unspecified atom stereocenters. The van der Waals surface area contributed by atoms with Crippen LogP contribution >= 0.6 is 0 Å². The zero-order valence-electron chi connectivity index (χ0n) is 13.8. The average Bonchev–Trinajstić information content (AvgIpc) is 2.59. The van der Waals surface area contributed by atoms with Gasteiger partial charge in [-0.3, -0.25) is 9.59 Å². The first kappa shape index (κ1) is 17.5. The van der Waals surface area contributed by atoms with Crippen LogP contribution in [0.4, 0.5) is 0 Å². The molecule has 23 heavy (non-hydrogen) atoms. The summed E-state index contributed by atoms with van der Waals surface area (Å²) in [4.78, 5) is 25.5. The van der Waals surface area contributed by atoms with Crippen LogP contribution in [-0.4, -0.2) is 47.5 Å². The summed E-state index contributed by atoms with van der Waals surface area (Å²) in [5.74, 6) is 0.921. The van der Waals surface area contributed by atoms with Gasteiger partial charge < -0.3 is 14.7 Å². The molecule has 2 rings (SSSR count). The number of hydrogen-bond donors (Lipinski definition) is 1. The average molecular weight is 319 g/mol. The van der Waals surface area contributed by atoms with Crippen LogP contribution < -0.4 is 4.74 Å². The van der Waals surface area contributed by atoms with Crippen LogP contribution in [0.15, 0.2) is 24.3 Å². The topological polar surface area (TPSA) is 66.8 Å². The van der Waals surface area contributed by atoms with Gasteiger partial charge in [-0.05, 0) is 49.9 Å². The minimum Gasteiger partial charge on any atom is -0.484 e. The monoisotopic (exact) mass is 319 g/mol. The Kier molecular flexibility index (Phi) is 6.16. The third-order valence-electron chi connectivity index (χ3n) is 4.43. The molecule has 0 aromatic heterocycles. The minimum absolute atomic E-state index is 0.000413. The molecule has 5 heteroatoms. The van der Waals surface area contributed by atoms with Gasteiger partial charge in [0, 0.05) is 25.1 Å². The van der Waals surface area contributed by atoms with Crippen LogP contribution in [0.2, 0.25) is 0 Å². The second-order valence-electron chi connectivity index (χ2n) is 6.05. The van der Waals surface area contributed by atoms with Crippen LogP contribution in [-0.2, 0) is 4.79 Å². The van der Waals surface area contributed by atoms with E-state index in [9.17, 15) is 14.7 Å². The normalized spacial score (nSPS) is 16.9. The number of ether oxygens (including phenoxy) is 1. The number of aliphatic hydroxyl groups excluding tert-OH is 1. The standard InChI is InChI=1S/C18H25NO4/c1-3-17(21)15-4-6-16(7-5-15)23-12-18(22)19-10-8-14(9-11-19)13(2)20/h4-7,13-14,20H,3,8-12H2,1-2H3/t13-/m1/s1. The van der Waals surface area contributed by atoms with Crippen molar-refractivity contribution in [2.24, 2.45) is 5.92 Å². The molecular weight excluding hydrogens is 294 g/mol. The lowest BCUT2D eigenvalue weighted by Gasteiger charge is -2.33. The van der Waals surface area contributed by atoms with Crippen molar-refractivity contribution in [2.75, 3.05) is 19.7 Å². The number of likely N-dealkylation sites (tertiary alicyclic amines) is 1. The lowest BCUT2D eigenvalue weighted by atomic mass is 9.92. The number of amides is 1. The van der Waals surface area contributed by atoms with Crippen LogP contribution in [0.25, 0.3) is 0 Å². The van der Waals surface area contributed by atoms with Crippen molar-refractivity contribution in [3.05, 3.63) is 29.8 Å².